The third-order valence-corrected chi connectivity index (χ3v) is 9.54. The van der Waals surface area contributed by atoms with E-state index in [1.54, 1.807) is 42.5 Å². The molecule has 0 radical (unpaired) electrons. The van der Waals surface area contributed by atoms with Crippen LogP contribution >= 0.6 is 7.60 Å². The fourth-order valence-electron chi connectivity index (χ4n) is 5.87. The Morgan fingerprint density at radius 1 is 0.843 bits per heavy atom. The number of Topliss-reactive ketones (excluding diaryl/α,β-unsaturated/α-hetero) is 1. The van der Waals surface area contributed by atoms with Gasteiger partial charge in [0.2, 0.25) is 6.29 Å². The Labute approximate surface area is 289 Å². The Kier molecular flexibility index (Phi) is 10.2. The van der Waals surface area contributed by atoms with Gasteiger partial charge in [0.15, 0.2) is 18.0 Å². The second-order valence-electron chi connectivity index (χ2n) is 11.8. The maximum Gasteiger partial charge on any atom is 0.356 e. The highest BCUT2D eigenvalue weighted by molar-refractivity contribution is 7.60. The zero-order valence-corrected chi connectivity index (χ0v) is 27.2. The number of carboxylic acid groups (broad SMARTS) is 1. The van der Waals surface area contributed by atoms with Crippen molar-refractivity contribution in [2.24, 2.45) is 0 Å². The molecule has 2 aliphatic heterocycles. The van der Waals surface area contributed by atoms with E-state index in [1.165, 1.54) is 47.4 Å². The molecule has 16 heteroatoms. The number of ketones is 1. The molecule has 0 aromatic heterocycles. The van der Waals surface area contributed by atoms with E-state index in [-0.39, 0.29) is 22.2 Å². The maximum atomic E-state index is 13.6. The van der Waals surface area contributed by atoms with Gasteiger partial charge >= 0.3 is 13.6 Å². The number of benzene rings is 4. The van der Waals surface area contributed by atoms with E-state index in [0.717, 1.165) is 12.1 Å². The van der Waals surface area contributed by atoms with Gasteiger partial charge in [0.25, 0.3) is 5.91 Å². The summed E-state index contributed by atoms with van der Waals surface area (Å²) >= 11 is 0. The van der Waals surface area contributed by atoms with E-state index in [2.05, 4.69) is 0 Å². The molecule has 14 nitrogen and oxygen atoms in total. The molecule has 2 heterocycles. The number of halogens is 1. The van der Waals surface area contributed by atoms with Crippen LogP contribution in [0.5, 0.6) is 5.75 Å². The molecule has 51 heavy (non-hydrogen) atoms. The Hall–Kier alpha value is -4.83. The second-order valence-corrected chi connectivity index (χ2v) is 13.5. The van der Waals surface area contributed by atoms with Crippen LogP contribution in [0.2, 0.25) is 0 Å². The summed E-state index contributed by atoms with van der Waals surface area (Å²) in [6, 6.07) is 22.2. The van der Waals surface area contributed by atoms with Gasteiger partial charge in [-0.25, -0.2) is 9.18 Å². The number of aliphatic carboxylic acids is 1. The number of nitrogens with zero attached hydrogens (tertiary/aromatic N) is 1. The average Bonchev–Trinajstić information content (AvgIpc) is 3.11. The van der Waals surface area contributed by atoms with Crippen molar-refractivity contribution in [2.75, 3.05) is 11.5 Å². The van der Waals surface area contributed by atoms with Crippen LogP contribution in [-0.2, 0) is 23.6 Å². The molecule has 6 rings (SSSR count). The van der Waals surface area contributed by atoms with Gasteiger partial charge in [-0.15, -0.1) is 0 Å². The fraction of sp³-hybridized carbons (Fsp3) is 0.229. The smallest absolute Gasteiger partial charge is 0.356 e. The molecule has 0 aliphatic carbocycles. The molecule has 0 spiro atoms. The predicted molar refractivity (Wildman–Crippen MR) is 176 cm³/mol. The van der Waals surface area contributed by atoms with Gasteiger partial charge in [-0.3, -0.25) is 19.1 Å². The second kappa shape index (κ2) is 14.4. The van der Waals surface area contributed by atoms with Crippen LogP contribution in [0, 0.1) is 5.82 Å². The molecular weight excluding hydrogens is 692 g/mol. The topological polar surface area (TPSA) is 221 Å². The number of hydrogen-bond donors (Lipinski definition) is 6. The standard InChI is InChI=1S/C35H31FNO13P/c36-21-11-6-19(7-12-21)25(38)17-48-31-27(37(33(31)42)22-4-2-1-3-5-22)24-15-10-20(18-8-13-23(14-9-18)51(45,46)47)16-26(24)49-35-30(41)28(39)29(40)32(50-35)34(43)44/h1-16,27-32,35,39-41H,17H2,(H,43,44)(H2,45,46,47)/t27-,28+,29?,30?,31-,32?,35-/m1/s1. The molecule has 1 amide bonds. The first-order chi connectivity index (χ1) is 24.2. The van der Waals surface area contributed by atoms with E-state index >= 15 is 0 Å². The third kappa shape index (κ3) is 7.33. The molecule has 266 valence electrons. The maximum absolute atomic E-state index is 13.6. The number of rotatable bonds is 11. The van der Waals surface area contributed by atoms with E-state index in [1.807, 2.05) is 0 Å². The van der Waals surface area contributed by atoms with E-state index in [0.29, 0.717) is 16.8 Å². The van der Waals surface area contributed by atoms with E-state index in [9.17, 15) is 53.6 Å². The van der Waals surface area contributed by atoms with Gasteiger partial charge in [-0.2, -0.15) is 0 Å². The number of carbonyl (C=O) groups is 3. The van der Waals surface area contributed by atoms with Crippen molar-refractivity contribution in [3.05, 3.63) is 114 Å². The molecule has 7 atom stereocenters. The summed E-state index contributed by atoms with van der Waals surface area (Å²) < 4.78 is 42.5. The molecule has 6 N–H and O–H groups in total. The van der Waals surface area contributed by atoms with Crippen LogP contribution in [0.4, 0.5) is 10.1 Å². The summed E-state index contributed by atoms with van der Waals surface area (Å²) in [4.78, 5) is 58.8. The number of para-hydroxylation sites is 1. The minimum absolute atomic E-state index is 0.0970. The number of anilines is 1. The summed E-state index contributed by atoms with van der Waals surface area (Å²) in [5.74, 6) is -3.34. The van der Waals surface area contributed by atoms with Gasteiger partial charge in [-0.05, 0) is 65.7 Å². The van der Waals surface area contributed by atoms with Gasteiger partial charge in [0, 0.05) is 16.8 Å². The average molecular weight is 724 g/mol. The van der Waals surface area contributed by atoms with Gasteiger partial charge < -0.3 is 44.4 Å². The summed E-state index contributed by atoms with van der Waals surface area (Å²) in [5, 5.41) is 40.8. The Balaban J connectivity index is 1.41. The number of carboxylic acids is 1. The highest BCUT2D eigenvalue weighted by atomic mass is 31.2. The summed E-state index contributed by atoms with van der Waals surface area (Å²) in [5.41, 5.74) is 1.69. The molecule has 3 unspecified atom stereocenters. The molecule has 0 bridgehead atoms. The largest absolute Gasteiger partial charge is 0.479 e. The van der Waals surface area contributed by atoms with Crippen molar-refractivity contribution >= 4 is 36.2 Å². The summed E-state index contributed by atoms with van der Waals surface area (Å²) in [7, 11) is -4.55. The fourth-order valence-corrected chi connectivity index (χ4v) is 6.41. The molecule has 2 aliphatic rings. The number of aliphatic hydroxyl groups excluding tert-OH is 3. The first-order valence-electron chi connectivity index (χ1n) is 15.4. The molecule has 4 aromatic rings. The lowest BCUT2D eigenvalue weighted by molar-refractivity contribution is -0.271. The van der Waals surface area contributed by atoms with Crippen molar-refractivity contribution in [1.29, 1.82) is 0 Å². The van der Waals surface area contributed by atoms with E-state index in [4.69, 9.17) is 14.2 Å². The third-order valence-electron chi connectivity index (χ3n) is 8.57. The van der Waals surface area contributed by atoms with Crippen molar-refractivity contribution in [3.8, 4) is 16.9 Å². The first kappa shape index (κ1) is 36.0. The summed E-state index contributed by atoms with van der Waals surface area (Å²) in [6.07, 6.45) is -11.0. The number of ether oxygens (including phenoxy) is 3. The lowest BCUT2D eigenvalue weighted by Gasteiger charge is -2.47. The molecule has 2 fully saturated rings. The number of β-lactam (4-membered cyclic amide) rings is 1. The molecule has 4 aromatic carbocycles. The quantitative estimate of drug-likeness (QED) is 0.0741. The van der Waals surface area contributed by atoms with Gasteiger partial charge in [-0.1, -0.05) is 42.5 Å². The predicted octanol–water partition coefficient (Wildman–Crippen LogP) is 1.92. The highest BCUT2D eigenvalue weighted by Crippen LogP contribution is 2.46. The minimum Gasteiger partial charge on any atom is -0.479 e. The highest BCUT2D eigenvalue weighted by Gasteiger charge is 2.52. The zero-order valence-electron chi connectivity index (χ0n) is 26.3. The van der Waals surface area contributed by atoms with E-state index < -0.39 is 80.5 Å². The normalized spacial score (nSPS) is 24.9. The van der Waals surface area contributed by atoms with Crippen molar-refractivity contribution in [3.63, 3.8) is 0 Å². The van der Waals surface area contributed by atoms with Crippen molar-refractivity contribution < 1.29 is 67.8 Å². The van der Waals surface area contributed by atoms with Crippen LogP contribution in [0.1, 0.15) is 22.0 Å². The summed E-state index contributed by atoms with van der Waals surface area (Å²) in [6.45, 7) is -0.559. The number of hydrogen-bond acceptors (Lipinski definition) is 10. The van der Waals surface area contributed by atoms with Crippen molar-refractivity contribution in [1.82, 2.24) is 0 Å². The van der Waals surface area contributed by atoms with Crippen LogP contribution in [0.3, 0.4) is 0 Å². The van der Waals surface area contributed by atoms with Crippen LogP contribution in [0.15, 0.2) is 97.1 Å². The number of carbonyl (C=O) groups excluding carboxylic acids is 2. The lowest BCUT2D eigenvalue weighted by Crippen LogP contribution is -2.62. The minimum atomic E-state index is -4.55. The Morgan fingerprint density at radius 3 is 2.12 bits per heavy atom. The van der Waals surface area contributed by atoms with Gasteiger partial charge in [0.05, 0.1) is 5.30 Å². The number of aliphatic hydroxyl groups is 3. The lowest BCUT2D eigenvalue weighted by atomic mass is 9.87. The molecule has 0 saturated carbocycles. The van der Waals surface area contributed by atoms with Crippen molar-refractivity contribution in [2.45, 2.75) is 42.9 Å². The molecular formula is C35H31FNO13P. The number of amides is 1. The van der Waals surface area contributed by atoms with Crippen LogP contribution < -0.4 is 14.9 Å². The molecule has 2 saturated heterocycles. The first-order valence-corrected chi connectivity index (χ1v) is 17.0. The SMILES string of the molecule is O=C(CO[C@H]1C(=O)N(c2ccccc2)[C@@H]1c1ccc(-c2ccc(P(=O)(O)O)cc2)cc1O[C@@H]1OC(C(=O)O)C(O)[C@H](O)C1O)c1ccc(F)cc1. The van der Waals surface area contributed by atoms with Gasteiger partial charge in [0.1, 0.15) is 42.5 Å². The Morgan fingerprint density at radius 2 is 1.49 bits per heavy atom. The van der Waals surface area contributed by atoms with Crippen LogP contribution in [-0.4, -0.2) is 91.3 Å². The Bertz CT molecular complexity index is 1970. The monoisotopic (exact) mass is 723 g/mol. The zero-order chi connectivity index (χ0) is 36.6. The van der Waals surface area contributed by atoms with Crippen LogP contribution in [0.25, 0.3) is 11.1 Å².